The number of hydrogen-bond acceptors (Lipinski definition) is 4. The fourth-order valence-electron chi connectivity index (χ4n) is 3.96. The molecule has 0 saturated carbocycles. The first-order valence-corrected chi connectivity index (χ1v) is 11.5. The van der Waals surface area contributed by atoms with E-state index in [0.717, 1.165) is 0 Å². The number of hydrogen-bond donors (Lipinski definition) is 2. The number of methoxy groups -OCH3 is 1. The second kappa shape index (κ2) is 12.4. The van der Waals surface area contributed by atoms with E-state index in [1.807, 2.05) is 6.07 Å². The van der Waals surface area contributed by atoms with Gasteiger partial charge in [0.05, 0.1) is 0 Å². The molecule has 3 rings (SSSR count). The maximum absolute atomic E-state index is 13.0. The number of benzene rings is 2. The highest BCUT2D eigenvalue weighted by molar-refractivity contribution is 6.30. The largest absolute Gasteiger partial charge is 0.385 e. The Kier molecular flexibility index (Phi) is 9.27. The molecule has 0 unspecified atom stereocenters. The highest BCUT2D eigenvalue weighted by Crippen LogP contribution is 2.23. The van der Waals surface area contributed by atoms with E-state index < -0.39 is 6.04 Å². The van der Waals surface area contributed by atoms with Crippen molar-refractivity contribution in [3.05, 3.63) is 70.7 Å². The van der Waals surface area contributed by atoms with E-state index in [4.69, 9.17) is 16.3 Å². The Morgan fingerprint density at radius 1 is 1.03 bits per heavy atom. The molecule has 1 aliphatic heterocycles. The van der Waals surface area contributed by atoms with Crippen LogP contribution in [0.25, 0.3) is 0 Å². The van der Waals surface area contributed by atoms with Gasteiger partial charge in [-0.1, -0.05) is 29.8 Å². The van der Waals surface area contributed by atoms with Crippen LogP contribution >= 0.6 is 11.6 Å². The standard InChI is InChI=1S/C25H30ClN3O4/c1-33-17-5-14-27-24(31)22(28-23(30)19-6-3-2-4-7-19)18-12-15-29(16-13-18)25(32)20-8-10-21(26)11-9-20/h2-4,6-11,18,22H,5,12-17H2,1H3,(H,27,31)(H,28,30)/t22-/m1/s1. The molecule has 33 heavy (non-hydrogen) atoms. The van der Waals surface area contributed by atoms with Crippen LogP contribution in [0.3, 0.4) is 0 Å². The summed E-state index contributed by atoms with van der Waals surface area (Å²) in [7, 11) is 1.61. The van der Waals surface area contributed by atoms with E-state index in [0.29, 0.717) is 61.7 Å². The van der Waals surface area contributed by atoms with Crippen molar-refractivity contribution in [2.45, 2.75) is 25.3 Å². The van der Waals surface area contributed by atoms with Crippen LogP contribution in [0.2, 0.25) is 5.02 Å². The SMILES string of the molecule is COCCCNC(=O)[C@H](NC(=O)c1ccccc1)C1CCN(C(=O)c2ccc(Cl)cc2)CC1. The molecule has 0 radical (unpaired) electrons. The van der Waals surface area contributed by atoms with Crippen LogP contribution in [-0.4, -0.2) is 62.0 Å². The first-order valence-electron chi connectivity index (χ1n) is 11.2. The van der Waals surface area contributed by atoms with Gasteiger partial charge in [-0.3, -0.25) is 14.4 Å². The number of halogens is 1. The molecule has 1 atom stereocenters. The van der Waals surface area contributed by atoms with Crippen LogP contribution in [-0.2, 0) is 9.53 Å². The van der Waals surface area contributed by atoms with Gasteiger partial charge in [-0.25, -0.2) is 0 Å². The molecule has 1 heterocycles. The lowest BCUT2D eigenvalue weighted by Crippen LogP contribution is -2.54. The Bertz CT molecular complexity index is 928. The van der Waals surface area contributed by atoms with Crippen molar-refractivity contribution < 1.29 is 19.1 Å². The minimum Gasteiger partial charge on any atom is -0.385 e. The van der Waals surface area contributed by atoms with E-state index >= 15 is 0 Å². The molecular weight excluding hydrogens is 442 g/mol. The number of carbonyl (C=O) groups excluding carboxylic acids is 3. The van der Waals surface area contributed by atoms with Crippen LogP contribution in [0.15, 0.2) is 54.6 Å². The molecule has 2 aromatic rings. The highest BCUT2D eigenvalue weighted by atomic mass is 35.5. The molecule has 1 saturated heterocycles. The Morgan fingerprint density at radius 2 is 1.70 bits per heavy atom. The molecule has 0 spiro atoms. The summed E-state index contributed by atoms with van der Waals surface area (Å²) in [5.74, 6) is -0.626. The van der Waals surface area contributed by atoms with Crippen LogP contribution in [0.4, 0.5) is 0 Å². The van der Waals surface area contributed by atoms with Crippen LogP contribution in [0.5, 0.6) is 0 Å². The van der Waals surface area contributed by atoms with E-state index in [9.17, 15) is 14.4 Å². The molecule has 7 nitrogen and oxygen atoms in total. The van der Waals surface area contributed by atoms with E-state index in [2.05, 4.69) is 10.6 Å². The van der Waals surface area contributed by atoms with Gasteiger partial charge in [-0.15, -0.1) is 0 Å². The summed E-state index contributed by atoms with van der Waals surface area (Å²) in [5.41, 5.74) is 1.09. The lowest BCUT2D eigenvalue weighted by atomic mass is 9.88. The molecule has 0 bridgehead atoms. The zero-order valence-corrected chi connectivity index (χ0v) is 19.5. The zero-order valence-electron chi connectivity index (χ0n) is 18.8. The molecular formula is C25H30ClN3O4. The number of amides is 3. The van der Waals surface area contributed by atoms with Gasteiger partial charge < -0.3 is 20.3 Å². The number of carbonyl (C=O) groups is 3. The van der Waals surface area contributed by atoms with Gasteiger partial charge in [0, 0.05) is 49.5 Å². The zero-order chi connectivity index (χ0) is 23.6. The lowest BCUT2D eigenvalue weighted by molar-refractivity contribution is -0.124. The summed E-state index contributed by atoms with van der Waals surface area (Å²) in [5, 5.41) is 6.42. The fourth-order valence-corrected chi connectivity index (χ4v) is 4.09. The Balaban J connectivity index is 1.64. The first kappa shape index (κ1) is 24.7. The number of nitrogens with zero attached hydrogens (tertiary/aromatic N) is 1. The molecule has 1 aliphatic rings. The molecule has 176 valence electrons. The van der Waals surface area contributed by atoms with Gasteiger partial charge in [-0.2, -0.15) is 0 Å². The van der Waals surface area contributed by atoms with Crippen molar-refractivity contribution in [2.75, 3.05) is 33.4 Å². The summed E-state index contributed by atoms with van der Waals surface area (Å²) in [4.78, 5) is 40.4. The summed E-state index contributed by atoms with van der Waals surface area (Å²) >= 11 is 5.92. The van der Waals surface area contributed by atoms with E-state index in [1.54, 1.807) is 60.5 Å². The second-order valence-corrected chi connectivity index (χ2v) is 8.53. The highest BCUT2D eigenvalue weighted by Gasteiger charge is 2.34. The van der Waals surface area contributed by atoms with Crippen molar-refractivity contribution in [3.63, 3.8) is 0 Å². The summed E-state index contributed by atoms with van der Waals surface area (Å²) in [6.45, 7) is 2.05. The summed E-state index contributed by atoms with van der Waals surface area (Å²) in [6.07, 6.45) is 1.92. The third-order valence-corrected chi connectivity index (χ3v) is 6.07. The minimum absolute atomic E-state index is 0.0565. The predicted molar refractivity (Wildman–Crippen MR) is 127 cm³/mol. The number of rotatable bonds is 9. The van der Waals surface area contributed by atoms with Crippen LogP contribution < -0.4 is 10.6 Å². The van der Waals surface area contributed by atoms with Crippen molar-refractivity contribution >= 4 is 29.3 Å². The van der Waals surface area contributed by atoms with Gasteiger partial charge in [0.2, 0.25) is 5.91 Å². The van der Waals surface area contributed by atoms with Crippen molar-refractivity contribution in [1.29, 1.82) is 0 Å². The van der Waals surface area contributed by atoms with Gasteiger partial charge in [-0.05, 0) is 61.6 Å². The monoisotopic (exact) mass is 471 g/mol. The quantitative estimate of drug-likeness (QED) is 0.550. The molecule has 1 fully saturated rings. The number of piperidine rings is 1. The average Bonchev–Trinajstić information content (AvgIpc) is 2.85. The van der Waals surface area contributed by atoms with Gasteiger partial charge in [0.1, 0.15) is 6.04 Å². The fraction of sp³-hybridized carbons (Fsp3) is 0.400. The van der Waals surface area contributed by atoms with E-state index in [1.165, 1.54) is 0 Å². The minimum atomic E-state index is -0.673. The maximum Gasteiger partial charge on any atom is 0.253 e. The van der Waals surface area contributed by atoms with Crippen molar-refractivity contribution in [3.8, 4) is 0 Å². The third-order valence-electron chi connectivity index (χ3n) is 5.82. The predicted octanol–water partition coefficient (Wildman–Crippen LogP) is 3.14. The van der Waals surface area contributed by atoms with Crippen LogP contribution in [0.1, 0.15) is 40.0 Å². The molecule has 8 heteroatoms. The molecule has 2 aromatic carbocycles. The Morgan fingerprint density at radius 3 is 2.33 bits per heavy atom. The third kappa shape index (κ3) is 7.04. The number of ether oxygens (including phenoxy) is 1. The average molecular weight is 472 g/mol. The molecule has 2 N–H and O–H groups in total. The molecule has 0 aromatic heterocycles. The van der Waals surface area contributed by atoms with Gasteiger partial charge in [0.25, 0.3) is 11.8 Å². The van der Waals surface area contributed by atoms with Crippen molar-refractivity contribution in [1.82, 2.24) is 15.5 Å². The number of likely N-dealkylation sites (tertiary alicyclic amines) is 1. The molecule has 0 aliphatic carbocycles. The topological polar surface area (TPSA) is 87.7 Å². The van der Waals surface area contributed by atoms with Gasteiger partial charge in [0.15, 0.2) is 0 Å². The maximum atomic E-state index is 13.0. The summed E-state index contributed by atoms with van der Waals surface area (Å²) in [6, 6.07) is 15.0. The number of nitrogens with one attached hydrogen (secondary N) is 2. The normalized spacial score (nSPS) is 15.0. The van der Waals surface area contributed by atoms with Crippen molar-refractivity contribution in [2.24, 2.45) is 5.92 Å². The van der Waals surface area contributed by atoms with Crippen LogP contribution in [0, 0.1) is 5.92 Å². The lowest BCUT2D eigenvalue weighted by Gasteiger charge is -2.36. The summed E-state index contributed by atoms with van der Waals surface area (Å²) < 4.78 is 5.03. The molecule has 3 amide bonds. The Labute approximate surface area is 199 Å². The smallest absolute Gasteiger partial charge is 0.253 e. The Hall–Kier alpha value is -2.90. The second-order valence-electron chi connectivity index (χ2n) is 8.09. The van der Waals surface area contributed by atoms with E-state index in [-0.39, 0.29) is 23.6 Å². The van der Waals surface area contributed by atoms with Gasteiger partial charge >= 0.3 is 0 Å². The first-order chi connectivity index (χ1) is 16.0.